The molecule has 0 spiro atoms. The van der Waals surface area contributed by atoms with Crippen molar-refractivity contribution >= 4 is 29.3 Å². The van der Waals surface area contributed by atoms with Gasteiger partial charge in [0, 0.05) is 60.5 Å². The highest BCUT2D eigenvalue weighted by Crippen LogP contribution is 2.47. The quantitative estimate of drug-likeness (QED) is 0.120. The van der Waals surface area contributed by atoms with Gasteiger partial charge >= 0.3 is 0 Å². The van der Waals surface area contributed by atoms with Crippen LogP contribution >= 0.6 is 11.8 Å². The minimum atomic E-state index is -0.422. The van der Waals surface area contributed by atoms with E-state index in [1.807, 2.05) is 30.0 Å². The van der Waals surface area contributed by atoms with Gasteiger partial charge in [-0.2, -0.15) is 0 Å². The van der Waals surface area contributed by atoms with Crippen LogP contribution in [-0.4, -0.2) is 71.2 Å². The van der Waals surface area contributed by atoms with E-state index in [1.54, 1.807) is 4.90 Å². The maximum Gasteiger partial charge on any atom is 0.255 e. The second kappa shape index (κ2) is 15.8. The Hall–Kier alpha value is -4.53. The molecular weight excluding hydrogens is 677 g/mol. The number of amides is 2. The highest BCUT2D eigenvalue weighted by Gasteiger charge is 2.38. The third kappa shape index (κ3) is 7.76. The topological polar surface area (TPSA) is 76.1 Å². The van der Waals surface area contributed by atoms with Gasteiger partial charge in [0.25, 0.3) is 5.91 Å². The molecule has 2 saturated heterocycles. The summed E-state index contributed by atoms with van der Waals surface area (Å²) in [5.41, 5.74) is 9.01. The van der Waals surface area contributed by atoms with E-state index < -0.39 is 6.04 Å². The number of benzene rings is 4. The first-order chi connectivity index (χ1) is 25.9. The molecule has 1 unspecified atom stereocenters. The zero-order valence-corrected chi connectivity index (χ0v) is 31.3. The molecule has 4 aliphatic rings. The first kappa shape index (κ1) is 35.5. The number of piperidine rings is 1. The summed E-state index contributed by atoms with van der Waals surface area (Å²) in [6, 6.07) is 31.9. The minimum Gasteiger partial charge on any atom is -0.508 e. The average molecular weight is 727 g/mol. The summed E-state index contributed by atoms with van der Waals surface area (Å²) in [5.74, 6) is 2.03. The molecule has 0 saturated carbocycles. The predicted molar refractivity (Wildman–Crippen MR) is 214 cm³/mol. The van der Waals surface area contributed by atoms with E-state index in [0.29, 0.717) is 31.1 Å². The Morgan fingerprint density at radius 1 is 0.792 bits per heavy atom. The number of phenolic OH excluding ortho intramolecular Hbond substituents is 1. The van der Waals surface area contributed by atoms with E-state index in [-0.39, 0.29) is 17.7 Å². The molecule has 4 aromatic rings. The first-order valence-electron chi connectivity index (χ1n) is 19.4. The monoisotopic (exact) mass is 726 g/mol. The molecule has 3 atom stereocenters. The molecule has 3 aliphatic heterocycles. The van der Waals surface area contributed by atoms with Crippen LogP contribution in [-0.2, 0) is 17.8 Å². The number of nitrogens with zero attached hydrogens (tertiary/aromatic N) is 3. The van der Waals surface area contributed by atoms with Crippen LogP contribution in [0, 0.1) is 0 Å². The van der Waals surface area contributed by atoms with Crippen molar-refractivity contribution in [1.82, 2.24) is 15.1 Å². The Bertz CT molecular complexity index is 1960. The van der Waals surface area contributed by atoms with Gasteiger partial charge in [0.1, 0.15) is 11.8 Å². The molecule has 2 N–H and O–H groups in total. The van der Waals surface area contributed by atoms with Gasteiger partial charge in [0.05, 0.1) is 0 Å². The number of aryl methyl sites for hydroxylation is 1. The number of hydrogen-bond donors (Lipinski definition) is 2. The number of aromatic hydroxyl groups is 1. The first-order valence-corrected chi connectivity index (χ1v) is 20.4. The zero-order valence-electron chi connectivity index (χ0n) is 30.5. The second-order valence-electron chi connectivity index (χ2n) is 15.1. The number of hydrogen-bond acceptors (Lipinski definition) is 6. The molecular formula is C45H50N4O3S. The Balaban J connectivity index is 0.774. The van der Waals surface area contributed by atoms with Gasteiger partial charge in [-0.3, -0.25) is 14.5 Å². The minimum absolute atomic E-state index is 0.0400. The van der Waals surface area contributed by atoms with Gasteiger partial charge in [-0.05, 0) is 127 Å². The third-order valence-electron chi connectivity index (χ3n) is 11.8. The molecule has 2 fully saturated rings. The van der Waals surface area contributed by atoms with E-state index in [2.05, 4.69) is 94.5 Å². The fourth-order valence-corrected chi connectivity index (χ4v) is 9.83. The van der Waals surface area contributed by atoms with Gasteiger partial charge in [0.15, 0.2) is 0 Å². The average Bonchev–Trinajstić information content (AvgIpc) is 3.51. The van der Waals surface area contributed by atoms with Crippen LogP contribution in [0.15, 0.2) is 108 Å². The molecule has 0 bridgehead atoms. The Kier molecular flexibility index (Phi) is 10.6. The molecule has 2 amide bonds. The SMILES string of the molecule is C=C1CCC(N2Cc3cc(N4CCN(CCCCCSc5ccc([C@@H]6c7ccc(O)cc7CC[C@@H]6c6ccccc6)cc5)CC4)ccc3C2=O)C(=O)N1. The van der Waals surface area contributed by atoms with Crippen molar-refractivity contribution in [3.8, 4) is 5.75 Å². The van der Waals surface area contributed by atoms with Crippen LogP contribution in [0.5, 0.6) is 5.75 Å². The molecule has 53 heavy (non-hydrogen) atoms. The van der Waals surface area contributed by atoms with E-state index >= 15 is 0 Å². The highest BCUT2D eigenvalue weighted by molar-refractivity contribution is 7.99. The van der Waals surface area contributed by atoms with Gasteiger partial charge in [0.2, 0.25) is 5.91 Å². The summed E-state index contributed by atoms with van der Waals surface area (Å²) in [5, 5.41) is 13.0. The molecule has 4 aromatic carbocycles. The summed E-state index contributed by atoms with van der Waals surface area (Å²) >= 11 is 1.96. The Labute approximate surface area is 318 Å². The van der Waals surface area contributed by atoms with Crippen LogP contribution in [0.1, 0.15) is 88.5 Å². The maximum absolute atomic E-state index is 13.1. The van der Waals surface area contributed by atoms with Crippen molar-refractivity contribution in [2.45, 2.75) is 74.3 Å². The molecule has 1 aliphatic carbocycles. The number of unbranched alkanes of at least 4 members (excludes halogenated alkanes) is 2. The zero-order chi connectivity index (χ0) is 36.3. The molecule has 8 rings (SSSR count). The third-order valence-corrected chi connectivity index (χ3v) is 12.9. The number of phenols is 1. The van der Waals surface area contributed by atoms with Crippen molar-refractivity contribution < 1.29 is 14.7 Å². The fraction of sp³-hybridized carbons (Fsp3) is 0.378. The largest absolute Gasteiger partial charge is 0.508 e. The van der Waals surface area contributed by atoms with E-state index in [4.69, 9.17) is 0 Å². The number of carbonyl (C=O) groups excluding carboxylic acids is 2. The van der Waals surface area contributed by atoms with E-state index in [0.717, 1.165) is 68.1 Å². The van der Waals surface area contributed by atoms with E-state index in [9.17, 15) is 14.7 Å². The van der Waals surface area contributed by atoms with Crippen molar-refractivity contribution in [2.75, 3.05) is 43.4 Å². The van der Waals surface area contributed by atoms with Crippen LogP contribution in [0.3, 0.4) is 0 Å². The number of fused-ring (bicyclic) bond motifs is 2. The highest BCUT2D eigenvalue weighted by atomic mass is 32.2. The number of allylic oxidation sites excluding steroid dienone is 1. The molecule has 7 nitrogen and oxygen atoms in total. The van der Waals surface area contributed by atoms with Crippen molar-refractivity contribution in [3.63, 3.8) is 0 Å². The number of anilines is 1. The smallest absolute Gasteiger partial charge is 0.255 e. The van der Waals surface area contributed by atoms with Gasteiger partial charge in [-0.1, -0.05) is 61.5 Å². The molecule has 3 heterocycles. The molecule has 0 aromatic heterocycles. The van der Waals surface area contributed by atoms with Gasteiger partial charge < -0.3 is 20.2 Å². The van der Waals surface area contributed by atoms with Gasteiger partial charge in [-0.15, -0.1) is 11.8 Å². The number of thioether (sulfide) groups is 1. The van der Waals surface area contributed by atoms with Crippen LogP contribution < -0.4 is 10.2 Å². The Morgan fingerprint density at radius 3 is 2.40 bits per heavy atom. The summed E-state index contributed by atoms with van der Waals surface area (Å²) in [6.45, 7) is 9.56. The summed E-state index contributed by atoms with van der Waals surface area (Å²) in [7, 11) is 0. The standard InChI is InChI=1S/C45H50N4O3S/c1-31-10-21-42(44(51)46-31)49-30-35-28-36(14-19-41(35)45(49)52)48-25-23-47(24-26-48)22-6-3-7-27-53-38-16-11-33(12-17-38)43-39(32-8-4-2-5-9-32)18-13-34-29-37(50)15-20-40(34)43/h2,4-5,8-9,11-12,14-17,19-20,28-29,39,42-43,50H,1,3,6-7,10,13,18,21-27,30H2,(H,46,51)/t39-,42?,43+/m1/s1. The fourth-order valence-electron chi connectivity index (χ4n) is 8.92. The summed E-state index contributed by atoms with van der Waals surface area (Å²) in [4.78, 5) is 33.8. The lowest BCUT2D eigenvalue weighted by Gasteiger charge is -2.36. The van der Waals surface area contributed by atoms with Crippen LogP contribution in [0.25, 0.3) is 0 Å². The van der Waals surface area contributed by atoms with Crippen molar-refractivity contribution in [2.24, 2.45) is 0 Å². The van der Waals surface area contributed by atoms with Crippen LogP contribution in [0.4, 0.5) is 5.69 Å². The number of carbonyl (C=O) groups is 2. The summed E-state index contributed by atoms with van der Waals surface area (Å²) in [6.07, 6.45) is 7.08. The summed E-state index contributed by atoms with van der Waals surface area (Å²) < 4.78 is 0. The molecule has 274 valence electrons. The predicted octanol–water partition coefficient (Wildman–Crippen LogP) is 8.09. The molecule has 0 radical (unpaired) electrons. The number of piperazine rings is 1. The lowest BCUT2D eigenvalue weighted by atomic mass is 9.69. The molecule has 8 heteroatoms. The maximum atomic E-state index is 13.1. The lowest BCUT2D eigenvalue weighted by molar-refractivity contribution is -0.126. The van der Waals surface area contributed by atoms with Gasteiger partial charge in [-0.25, -0.2) is 0 Å². The Morgan fingerprint density at radius 2 is 1.60 bits per heavy atom. The van der Waals surface area contributed by atoms with Crippen LogP contribution in [0.2, 0.25) is 0 Å². The second-order valence-corrected chi connectivity index (χ2v) is 16.3. The van der Waals surface area contributed by atoms with Crippen molar-refractivity contribution in [3.05, 3.63) is 137 Å². The van der Waals surface area contributed by atoms with E-state index in [1.165, 1.54) is 52.1 Å². The normalized spacial score (nSPS) is 21.7. The number of rotatable bonds is 11. The number of nitrogens with one attached hydrogen (secondary N) is 1. The lowest BCUT2D eigenvalue weighted by Crippen LogP contribution is -2.49. The van der Waals surface area contributed by atoms with Crippen molar-refractivity contribution in [1.29, 1.82) is 0 Å².